The van der Waals surface area contributed by atoms with E-state index in [1.165, 1.54) is 24.3 Å². The molecule has 0 radical (unpaired) electrons. The summed E-state index contributed by atoms with van der Waals surface area (Å²) in [5.41, 5.74) is -1.34. The van der Waals surface area contributed by atoms with Crippen LogP contribution in [0.5, 0.6) is 0 Å². The zero-order chi connectivity index (χ0) is 20.5. The van der Waals surface area contributed by atoms with Crippen molar-refractivity contribution in [3.8, 4) is 0 Å². The van der Waals surface area contributed by atoms with E-state index in [9.17, 15) is 27.2 Å². The van der Waals surface area contributed by atoms with Gasteiger partial charge in [0.15, 0.2) is 5.82 Å². The van der Waals surface area contributed by atoms with Gasteiger partial charge < -0.3 is 16.0 Å². The number of hydrogen-bond donors (Lipinski definition) is 3. The van der Waals surface area contributed by atoms with Crippen LogP contribution in [0.25, 0.3) is 0 Å². The number of carbonyl (C=O) groups excluding carboxylic acids is 2. The number of nitrogens with zero attached hydrogens (tertiary/aromatic N) is 1. The Balaban J connectivity index is 1.98. The molecule has 1 fully saturated rings. The normalized spacial score (nSPS) is 17.6. The van der Waals surface area contributed by atoms with Gasteiger partial charge in [0.25, 0.3) is 0 Å². The molecular formula is C17H13ClF4N4O2. The first kappa shape index (κ1) is 19.9. The summed E-state index contributed by atoms with van der Waals surface area (Å²) in [4.78, 5) is 27.4. The van der Waals surface area contributed by atoms with Gasteiger partial charge >= 0.3 is 12.2 Å². The van der Waals surface area contributed by atoms with Crippen molar-refractivity contribution in [3.63, 3.8) is 0 Å². The number of halogens is 5. The molecule has 1 aromatic carbocycles. The lowest BCUT2D eigenvalue weighted by molar-refractivity contribution is -0.140. The van der Waals surface area contributed by atoms with Crippen LogP contribution in [0, 0.1) is 5.82 Å². The van der Waals surface area contributed by atoms with Crippen LogP contribution in [0.4, 0.5) is 22.4 Å². The molecule has 3 N–H and O–H groups in total. The fraction of sp³-hybridized carbons (Fsp3) is 0.235. The Kier molecular flexibility index (Phi) is 5.41. The van der Waals surface area contributed by atoms with Gasteiger partial charge in [-0.25, -0.2) is 9.18 Å². The van der Waals surface area contributed by atoms with E-state index in [0.717, 1.165) is 0 Å². The van der Waals surface area contributed by atoms with E-state index in [1.54, 1.807) is 0 Å². The fourth-order valence-corrected chi connectivity index (χ4v) is 2.80. The Labute approximate surface area is 161 Å². The van der Waals surface area contributed by atoms with Crippen molar-refractivity contribution in [1.82, 2.24) is 20.9 Å². The van der Waals surface area contributed by atoms with Crippen molar-refractivity contribution < 1.29 is 27.2 Å². The highest BCUT2D eigenvalue weighted by Crippen LogP contribution is 2.33. The Morgan fingerprint density at radius 2 is 1.96 bits per heavy atom. The van der Waals surface area contributed by atoms with Crippen LogP contribution < -0.4 is 16.0 Å². The number of pyridine rings is 1. The number of rotatable bonds is 4. The summed E-state index contributed by atoms with van der Waals surface area (Å²) in [6.07, 6.45) is -4.48. The third-order valence-corrected chi connectivity index (χ3v) is 4.31. The van der Waals surface area contributed by atoms with Gasteiger partial charge in [0.2, 0.25) is 5.91 Å². The molecule has 6 nitrogen and oxygen atoms in total. The van der Waals surface area contributed by atoms with Gasteiger partial charge in [-0.05, 0) is 23.8 Å². The minimum atomic E-state index is -4.93. The molecule has 1 aliphatic heterocycles. The molecule has 11 heteroatoms. The molecule has 1 aliphatic rings. The molecular weight excluding hydrogens is 404 g/mol. The van der Waals surface area contributed by atoms with E-state index in [4.69, 9.17) is 11.6 Å². The summed E-state index contributed by atoms with van der Waals surface area (Å²) in [6.45, 7) is 0.0165. The number of aromatic nitrogens is 1. The van der Waals surface area contributed by atoms with Crippen molar-refractivity contribution in [2.75, 3.05) is 6.54 Å². The predicted octanol–water partition coefficient (Wildman–Crippen LogP) is 2.78. The van der Waals surface area contributed by atoms with Crippen LogP contribution in [-0.2, 0) is 11.0 Å². The van der Waals surface area contributed by atoms with Crippen LogP contribution in [0.1, 0.15) is 22.9 Å². The summed E-state index contributed by atoms with van der Waals surface area (Å²) in [6, 6.07) is 3.94. The number of amides is 3. The molecule has 0 bridgehead atoms. The smallest absolute Gasteiger partial charge is 0.342 e. The molecule has 0 spiro atoms. The SMILES string of the molecule is O=C1NC[C@@H](C(=O)NC(c2ccc(Cl)cc2)c2cc(C(F)(F)F)c(F)cn2)N1. The second-order valence-electron chi connectivity index (χ2n) is 5.99. The molecule has 1 saturated heterocycles. The average molecular weight is 417 g/mol. The Morgan fingerprint density at radius 3 is 2.54 bits per heavy atom. The van der Waals surface area contributed by atoms with E-state index in [2.05, 4.69) is 20.9 Å². The van der Waals surface area contributed by atoms with Gasteiger partial charge in [-0.1, -0.05) is 23.7 Å². The van der Waals surface area contributed by atoms with Crippen molar-refractivity contribution in [3.05, 3.63) is 64.2 Å². The van der Waals surface area contributed by atoms with E-state index in [-0.39, 0.29) is 12.2 Å². The fourth-order valence-electron chi connectivity index (χ4n) is 2.67. The molecule has 1 aromatic heterocycles. The molecule has 0 aliphatic carbocycles. The first-order valence-electron chi connectivity index (χ1n) is 7.98. The van der Waals surface area contributed by atoms with E-state index in [1.807, 2.05) is 0 Å². The molecule has 2 atom stereocenters. The van der Waals surface area contributed by atoms with E-state index < -0.39 is 41.6 Å². The molecule has 3 rings (SSSR count). The number of benzene rings is 1. The number of nitrogens with one attached hydrogen (secondary N) is 3. The second-order valence-corrected chi connectivity index (χ2v) is 6.42. The number of hydrogen-bond acceptors (Lipinski definition) is 3. The van der Waals surface area contributed by atoms with Gasteiger partial charge in [-0.2, -0.15) is 13.2 Å². The second kappa shape index (κ2) is 7.63. The lowest BCUT2D eigenvalue weighted by Gasteiger charge is -2.22. The standard InChI is InChI=1S/C17H13ClF4N4O2/c18-9-3-1-8(2-4-9)14(26-15(27)13-7-24-16(28)25-13)12-5-10(17(20,21)22)11(19)6-23-12/h1-6,13-14H,7H2,(H,26,27)(H2,24,25,28)/t13-,14?/m0/s1. The molecule has 28 heavy (non-hydrogen) atoms. The zero-order valence-corrected chi connectivity index (χ0v) is 14.7. The third kappa shape index (κ3) is 4.33. The van der Waals surface area contributed by atoms with Gasteiger partial charge in [-0.15, -0.1) is 0 Å². The van der Waals surface area contributed by atoms with E-state index >= 15 is 0 Å². The minimum Gasteiger partial charge on any atom is -0.342 e. The van der Waals surface area contributed by atoms with Crippen molar-refractivity contribution in [2.45, 2.75) is 18.3 Å². The Morgan fingerprint density at radius 1 is 1.29 bits per heavy atom. The predicted molar refractivity (Wildman–Crippen MR) is 91.0 cm³/mol. The summed E-state index contributed by atoms with van der Waals surface area (Å²) in [7, 11) is 0. The monoisotopic (exact) mass is 416 g/mol. The van der Waals surface area contributed by atoms with Crippen molar-refractivity contribution in [2.24, 2.45) is 0 Å². The first-order valence-corrected chi connectivity index (χ1v) is 8.36. The van der Waals surface area contributed by atoms with Gasteiger partial charge in [0.05, 0.1) is 23.5 Å². The first-order chi connectivity index (χ1) is 13.1. The van der Waals surface area contributed by atoms with Crippen LogP contribution in [-0.4, -0.2) is 29.5 Å². The molecule has 2 heterocycles. The number of carbonyl (C=O) groups is 2. The summed E-state index contributed by atoms with van der Waals surface area (Å²) < 4.78 is 52.8. The molecule has 3 amide bonds. The average Bonchev–Trinajstić information content (AvgIpc) is 3.07. The van der Waals surface area contributed by atoms with Crippen LogP contribution in [0.15, 0.2) is 36.5 Å². The highest BCUT2D eigenvalue weighted by atomic mass is 35.5. The summed E-state index contributed by atoms with van der Waals surface area (Å²) in [5, 5.41) is 7.70. The van der Waals surface area contributed by atoms with Gasteiger partial charge in [0.1, 0.15) is 6.04 Å². The quantitative estimate of drug-likeness (QED) is 0.670. The zero-order valence-electron chi connectivity index (χ0n) is 14.0. The highest BCUT2D eigenvalue weighted by molar-refractivity contribution is 6.30. The number of alkyl halides is 3. The molecule has 1 unspecified atom stereocenters. The lowest BCUT2D eigenvalue weighted by atomic mass is 10.0. The van der Waals surface area contributed by atoms with Gasteiger partial charge in [0, 0.05) is 11.6 Å². The maximum atomic E-state index is 13.6. The summed E-state index contributed by atoms with van der Waals surface area (Å²) >= 11 is 5.84. The van der Waals surface area contributed by atoms with Crippen molar-refractivity contribution in [1.29, 1.82) is 0 Å². The third-order valence-electron chi connectivity index (χ3n) is 4.06. The van der Waals surface area contributed by atoms with E-state index in [0.29, 0.717) is 22.8 Å². The summed E-state index contributed by atoms with van der Waals surface area (Å²) in [5.74, 6) is -2.16. The largest absolute Gasteiger partial charge is 0.419 e. The molecule has 148 valence electrons. The Hall–Kier alpha value is -2.88. The lowest BCUT2D eigenvalue weighted by Crippen LogP contribution is -2.44. The maximum Gasteiger partial charge on any atom is 0.419 e. The van der Waals surface area contributed by atoms with Crippen LogP contribution in [0.3, 0.4) is 0 Å². The van der Waals surface area contributed by atoms with Gasteiger partial charge in [-0.3, -0.25) is 9.78 Å². The minimum absolute atomic E-state index is 0.0165. The maximum absolute atomic E-state index is 13.6. The number of urea groups is 1. The van der Waals surface area contributed by atoms with Crippen LogP contribution in [0.2, 0.25) is 5.02 Å². The highest BCUT2D eigenvalue weighted by Gasteiger charge is 2.36. The van der Waals surface area contributed by atoms with Crippen molar-refractivity contribution >= 4 is 23.5 Å². The van der Waals surface area contributed by atoms with Crippen LogP contribution >= 0.6 is 11.6 Å². The topological polar surface area (TPSA) is 83.1 Å². The molecule has 0 saturated carbocycles. The Bertz CT molecular complexity index is 905. The molecule has 2 aromatic rings.